The molecule has 0 aliphatic rings. The lowest BCUT2D eigenvalue weighted by Gasteiger charge is -2.14. The summed E-state index contributed by atoms with van der Waals surface area (Å²) in [5.74, 6) is -1.72. The number of nitrogens with zero attached hydrogens (tertiary/aromatic N) is 2. The van der Waals surface area contributed by atoms with Crippen LogP contribution in [0.4, 0.5) is 22.7 Å². The Morgan fingerprint density at radius 2 is 1.77 bits per heavy atom. The third-order valence-electron chi connectivity index (χ3n) is 3.47. The predicted octanol–water partition coefficient (Wildman–Crippen LogP) is 2.25. The Morgan fingerprint density at radius 1 is 1.08 bits per heavy atom. The van der Waals surface area contributed by atoms with Crippen LogP contribution < -0.4 is 20.3 Å². The molecule has 26 heavy (non-hydrogen) atoms. The van der Waals surface area contributed by atoms with Crippen molar-refractivity contribution in [2.24, 2.45) is 0 Å². The lowest BCUT2D eigenvalue weighted by molar-refractivity contribution is -0.384. The summed E-state index contributed by atoms with van der Waals surface area (Å²) in [4.78, 5) is 36.2. The summed E-state index contributed by atoms with van der Waals surface area (Å²) in [6.45, 7) is 0. The predicted molar refractivity (Wildman–Crippen MR) is 97.7 cm³/mol. The number of nitro groups is 1. The number of carbonyl (C=O) groups excluding carboxylic acids is 2. The topological polar surface area (TPSA) is 114 Å². The maximum Gasteiger partial charge on any atom is 0.314 e. The number of benzene rings is 2. The lowest BCUT2D eigenvalue weighted by Crippen LogP contribution is -2.29. The molecule has 2 N–H and O–H groups in total. The highest BCUT2D eigenvalue weighted by Crippen LogP contribution is 2.29. The highest BCUT2D eigenvalue weighted by atomic mass is 16.6. The van der Waals surface area contributed by atoms with Crippen molar-refractivity contribution in [3.8, 4) is 5.75 Å². The number of rotatable bonds is 5. The number of nitrogens with one attached hydrogen (secondary N) is 2. The van der Waals surface area contributed by atoms with Crippen LogP contribution in [0.25, 0.3) is 0 Å². The molecule has 2 amide bonds. The van der Waals surface area contributed by atoms with E-state index in [4.69, 9.17) is 4.74 Å². The van der Waals surface area contributed by atoms with Crippen LogP contribution in [0.5, 0.6) is 5.75 Å². The van der Waals surface area contributed by atoms with Gasteiger partial charge >= 0.3 is 11.8 Å². The van der Waals surface area contributed by atoms with E-state index in [2.05, 4.69) is 10.6 Å². The third kappa shape index (κ3) is 4.47. The molecular formula is C17H18N4O5. The monoisotopic (exact) mass is 358 g/mol. The fourth-order valence-electron chi connectivity index (χ4n) is 2.13. The van der Waals surface area contributed by atoms with Crippen molar-refractivity contribution >= 4 is 34.6 Å². The zero-order valence-corrected chi connectivity index (χ0v) is 14.5. The van der Waals surface area contributed by atoms with Crippen molar-refractivity contribution in [1.82, 2.24) is 0 Å². The molecule has 0 unspecified atom stereocenters. The summed E-state index contributed by atoms with van der Waals surface area (Å²) in [6.07, 6.45) is 0. The standard InChI is InChI=1S/C17H18N4O5/c1-20(2)12-6-4-5-11(9-12)18-16(22)17(23)19-14-8-7-13(21(24)25)10-15(14)26-3/h4-10H,1-3H3,(H,18,22)(H,19,23). The number of amides is 2. The van der Waals surface area contributed by atoms with Crippen molar-refractivity contribution in [2.45, 2.75) is 0 Å². The quantitative estimate of drug-likeness (QED) is 0.481. The van der Waals surface area contributed by atoms with E-state index < -0.39 is 16.7 Å². The average molecular weight is 358 g/mol. The molecule has 2 aromatic carbocycles. The molecule has 0 fully saturated rings. The van der Waals surface area contributed by atoms with Crippen LogP contribution in [0.1, 0.15) is 0 Å². The van der Waals surface area contributed by atoms with E-state index in [0.717, 1.165) is 11.8 Å². The van der Waals surface area contributed by atoms with Crippen LogP contribution in [0.2, 0.25) is 0 Å². The van der Waals surface area contributed by atoms with Gasteiger partial charge in [0.15, 0.2) is 0 Å². The van der Waals surface area contributed by atoms with E-state index in [1.807, 2.05) is 25.1 Å². The summed E-state index contributed by atoms with van der Waals surface area (Å²) in [5.41, 5.74) is 1.29. The minimum absolute atomic E-state index is 0.0787. The second-order valence-electron chi connectivity index (χ2n) is 5.49. The van der Waals surface area contributed by atoms with E-state index in [0.29, 0.717) is 5.69 Å². The van der Waals surface area contributed by atoms with Crippen LogP contribution in [0, 0.1) is 10.1 Å². The third-order valence-corrected chi connectivity index (χ3v) is 3.47. The van der Waals surface area contributed by atoms with Gasteiger partial charge in [-0.1, -0.05) is 6.07 Å². The normalized spacial score (nSPS) is 9.96. The van der Waals surface area contributed by atoms with E-state index in [1.54, 1.807) is 18.2 Å². The molecule has 0 radical (unpaired) electrons. The van der Waals surface area contributed by atoms with E-state index in [1.165, 1.54) is 19.2 Å². The van der Waals surface area contributed by atoms with E-state index >= 15 is 0 Å². The average Bonchev–Trinajstić information content (AvgIpc) is 2.61. The van der Waals surface area contributed by atoms with E-state index in [9.17, 15) is 19.7 Å². The minimum atomic E-state index is -0.924. The van der Waals surface area contributed by atoms with Crippen LogP contribution >= 0.6 is 0 Å². The van der Waals surface area contributed by atoms with Gasteiger partial charge in [0.05, 0.1) is 23.8 Å². The van der Waals surface area contributed by atoms with Crippen molar-refractivity contribution in [2.75, 3.05) is 36.7 Å². The second-order valence-corrected chi connectivity index (χ2v) is 5.49. The van der Waals surface area contributed by atoms with Gasteiger partial charge < -0.3 is 20.3 Å². The molecule has 0 aliphatic carbocycles. The Hall–Kier alpha value is -3.62. The van der Waals surface area contributed by atoms with Crippen LogP contribution in [-0.2, 0) is 9.59 Å². The van der Waals surface area contributed by atoms with Gasteiger partial charge in [0.1, 0.15) is 5.75 Å². The molecule has 9 heteroatoms. The number of nitro benzene ring substituents is 1. The number of carbonyl (C=O) groups is 2. The second kappa shape index (κ2) is 7.97. The molecule has 0 saturated heterocycles. The first-order valence-electron chi connectivity index (χ1n) is 7.54. The van der Waals surface area contributed by atoms with Gasteiger partial charge in [-0.2, -0.15) is 0 Å². The highest BCUT2D eigenvalue weighted by Gasteiger charge is 2.18. The summed E-state index contributed by atoms with van der Waals surface area (Å²) in [6, 6.07) is 10.7. The molecule has 0 bridgehead atoms. The summed E-state index contributed by atoms with van der Waals surface area (Å²) >= 11 is 0. The number of methoxy groups -OCH3 is 1. The smallest absolute Gasteiger partial charge is 0.314 e. The summed E-state index contributed by atoms with van der Waals surface area (Å²) in [5, 5.41) is 15.7. The zero-order chi connectivity index (χ0) is 19.3. The maximum absolute atomic E-state index is 12.1. The van der Waals surface area contributed by atoms with Gasteiger partial charge in [-0.3, -0.25) is 19.7 Å². The number of hydrogen-bond acceptors (Lipinski definition) is 6. The van der Waals surface area contributed by atoms with Crippen molar-refractivity contribution in [1.29, 1.82) is 0 Å². The van der Waals surface area contributed by atoms with Gasteiger partial charge in [-0.15, -0.1) is 0 Å². The Kier molecular flexibility index (Phi) is 5.74. The molecule has 136 valence electrons. The lowest BCUT2D eigenvalue weighted by atomic mass is 10.2. The fourth-order valence-corrected chi connectivity index (χ4v) is 2.13. The van der Waals surface area contributed by atoms with Crippen molar-refractivity contribution in [3.63, 3.8) is 0 Å². The SMILES string of the molecule is COc1cc([N+](=O)[O-])ccc1NC(=O)C(=O)Nc1cccc(N(C)C)c1. The van der Waals surface area contributed by atoms with Gasteiger partial charge in [0.2, 0.25) is 0 Å². The Bertz CT molecular complexity index is 851. The molecule has 2 aromatic rings. The van der Waals surface area contributed by atoms with Crippen LogP contribution in [0.15, 0.2) is 42.5 Å². The van der Waals surface area contributed by atoms with Crippen LogP contribution in [0.3, 0.4) is 0 Å². The minimum Gasteiger partial charge on any atom is -0.494 e. The molecule has 2 rings (SSSR count). The molecular weight excluding hydrogens is 340 g/mol. The molecule has 9 nitrogen and oxygen atoms in total. The number of non-ortho nitro benzene ring substituents is 1. The molecule has 0 spiro atoms. The molecule has 0 heterocycles. The molecule has 0 saturated carbocycles. The van der Waals surface area contributed by atoms with E-state index in [-0.39, 0.29) is 17.1 Å². The zero-order valence-electron chi connectivity index (χ0n) is 14.5. The molecule has 0 atom stereocenters. The molecule has 0 aromatic heterocycles. The fraction of sp³-hybridized carbons (Fsp3) is 0.176. The van der Waals surface area contributed by atoms with Crippen molar-refractivity contribution < 1.29 is 19.2 Å². The first kappa shape index (κ1) is 18.7. The van der Waals surface area contributed by atoms with Gasteiger partial charge in [0.25, 0.3) is 5.69 Å². The van der Waals surface area contributed by atoms with Crippen LogP contribution in [-0.4, -0.2) is 37.9 Å². The van der Waals surface area contributed by atoms with Gasteiger partial charge in [-0.05, 0) is 24.3 Å². The van der Waals surface area contributed by atoms with Gasteiger partial charge in [0, 0.05) is 31.5 Å². The number of hydrogen-bond donors (Lipinski definition) is 2. The maximum atomic E-state index is 12.1. The number of ether oxygens (including phenoxy) is 1. The van der Waals surface area contributed by atoms with Crippen molar-refractivity contribution in [3.05, 3.63) is 52.6 Å². The highest BCUT2D eigenvalue weighted by molar-refractivity contribution is 6.43. The summed E-state index contributed by atoms with van der Waals surface area (Å²) in [7, 11) is 5.02. The Morgan fingerprint density at radius 3 is 2.38 bits per heavy atom. The largest absolute Gasteiger partial charge is 0.494 e. The molecule has 0 aliphatic heterocycles. The van der Waals surface area contributed by atoms with Gasteiger partial charge in [-0.25, -0.2) is 0 Å². The Balaban J connectivity index is 2.11. The first-order chi connectivity index (χ1) is 12.3. The number of anilines is 3. The Labute approximate surface area is 149 Å². The summed E-state index contributed by atoms with van der Waals surface area (Å²) < 4.78 is 5.02. The first-order valence-corrected chi connectivity index (χ1v) is 7.54.